The molecule has 11 heteroatoms. The van der Waals surface area contributed by atoms with Crippen LogP contribution in [0.2, 0.25) is 0 Å². The second-order valence-corrected chi connectivity index (χ2v) is 6.37. The summed E-state index contributed by atoms with van der Waals surface area (Å²) in [5.74, 6) is 1.29. The van der Waals surface area contributed by atoms with E-state index >= 15 is 0 Å². The number of carbonyl (C=O) groups excluding carboxylic acids is 1. The van der Waals surface area contributed by atoms with Gasteiger partial charge >= 0.3 is 12.2 Å². The van der Waals surface area contributed by atoms with Crippen molar-refractivity contribution in [1.29, 1.82) is 0 Å². The minimum Gasteiger partial charge on any atom is -0.337 e. The van der Waals surface area contributed by atoms with Crippen LogP contribution in [0, 0.1) is 12.8 Å². The van der Waals surface area contributed by atoms with Crippen molar-refractivity contribution in [3.8, 4) is 0 Å². The fraction of sp³-hybridized carbons (Fsp3) is 0.600. The predicted molar refractivity (Wildman–Crippen MR) is 82.9 cm³/mol. The van der Waals surface area contributed by atoms with Gasteiger partial charge in [0.25, 0.3) is 0 Å². The van der Waals surface area contributed by atoms with Crippen LogP contribution >= 0.6 is 0 Å². The highest BCUT2D eigenvalue weighted by Gasteiger charge is 2.36. The Morgan fingerprint density at radius 3 is 2.88 bits per heavy atom. The Kier molecular flexibility index (Phi) is 4.88. The van der Waals surface area contributed by atoms with Gasteiger partial charge < -0.3 is 19.3 Å². The molecule has 0 bridgehead atoms. The largest absolute Gasteiger partial charge is 0.434 e. The molecule has 3 heterocycles. The van der Waals surface area contributed by atoms with Crippen LogP contribution in [0.4, 0.5) is 18.0 Å². The second kappa shape index (κ2) is 6.96. The van der Waals surface area contributed by atoms with Crippen LogP contribution in [0.5, 0.6) is 0 Å². The predicted octanol–water partition coefficient (Wildman–Crippen LogP) is 2.00. The molecular weight excluding hydrogens is 353 g/mol. The van der Waals surface area contributed by atoms with Crippen LogP contribution in [0.15, 0.2) is 10.7 Å². The van der Waals surface area contributed by atoms with Gasteiger partial charge in [0.05, 0.1) is 6.54 Å². The van der Waals surface area contributed by atoms with Crippen molar-refractivity contribution in [3.63, 3.8) is 0 Å². The van der Waals surface area contributed by atoms with Crippen LogP contribution < -0.4 is 5.32 Å². The van der Waals surface area contributed by atoms with E-state index in [4.69, 9.17) is 4.52 Å². The van der Waals surface area contributed by atoms with Crippen molar-refractivity contribution in [1.82, 2.24) is 29.9 Å². The molecule has 1 N–H and O–H groups in total. The minimum atomic E-state index is -4.44. The van der Waals surface area contributed by atoms with Crippen LogP contribution in [0.3, 0.4) is 0 Å². The van der Waals surface area contributed by atoms with Crippen molar-refractivity contribution < 1.29 is 22.5 Å². The van der Waals surface area contributed by atoms with E-state index in [9.17, 15) is 18.0 Å². The Morgan fingerprint density at radius 2 is 2.23 bits per heavy atom. The number of aromatic nitrogens is 4. The molecule has 0 aliphatic carbocycles. The molecule has 3 rings (SSSR count). The first kappa shape index (κ1) is 18.2. The van der Waals surface area contributed by atoms with Crippen LogP contribution in [0.25, 0.3) is 0 Å². The third-order valence-electron chi connectivity index (χ3n) is 4.22. The number of rotatable bonds is 4. The SMILES string of the molecule is Cc1noc(CNC(=O)N(C)C[C@H]2CCc3nc(C(F)(F)F)cn3C2)n1. The topological polar surface area (TPSA) is 89.1 Å². The summed E-state index contributed by atoms with van der Waals surface area (Å²) < 4.78 is 44.7. The maximum Gasteiger partial charge on any atom is 0.434 e. The third-order valence-corrected chi connectivity index (χ3v) is 4.22. The van der Waals surface area contributed by atoms with Crippen molar-refractivity contribution >= 4 is 6.03 Å². The first-order chi connectivity index (χ1) is 12.2. The molecular formula is C15H19F3N6O2. The number of carbonyl (C=O) groups is 1. The highest BCUT2D eigenvalue weighted by atomic mass is 19.4. The van der Waals surface area contributed by atoms with E-state index in [1.54, 1.807) is 14.0 Å². The third kappa shape index (κ3) is 4.14. The Hall–Kier alpha value is -2.59. The Labute approximate surface area is 147 Å². The van der Waals surface area contributed by atoms with E-state index in [2.05, 4.69) is 20.4 Å². The standard InChI is InChI=1S/C15H19F3N6O2/c1-9-20-13(26-22-9)5-19-14(25)23(2)6-10-3-4-12-21-11(15(16,17)18)8-24(12)7-10/h8,10H,3-7H2,1-2H3,(H,19,25)/t10-/m1/s1. The van der Waals surface area contributed by atoms with Crippen molar-refractivity contribution in [3.05, 3.63) is 29.4 Å². The fourth-order valence-electron chi connectivity index (χ4n) is 2.97. The molecule has 8 nitrogen and oxygen atoms in total. The first-order valence-corrected chi connectivity index (χ1v) is 8.13. The lowest BCUT2D eigenvalue weighted by Gasteiger charge is -2.28. The van der Waals surface area contributed by atoms with E-state index < -0.39 is 11.9 Å². The number of fused-ring (bicyclic) bond motifs is 1. The van der Waals surface area contributed by atoms with Gasteiger partial charge in [-0.25, -0.2) is 9.78 Å². The van der Waals surface area contributed by atoms with Gasteiger partial charge in [-0.05, 0) is 19.3 Å². The Balaban J connectivity index is 1.52. The molecule has 1 aliphatic heterocycles. The van der Waals surface area contributed by atoms with Gasteiger partial charge in [-0.3, -0.25) is 0 Å². The average Bonchev–Trinajstić information content (AvgIpc) is 3.17. The molecule has 1 aliphatic rings. The van der Waals surface area contributed by atoms with Gasteiger partial charge in [0, 0.05) is 32.8 Å². The number of nitrogens with zero attached hydrogens (tertiary/aromatic N) is 5. The molecule has 2 aromatic heterocycles. The Morgan fingerprint density at radius 1 is 1.46 bits per heavy atom. The zero-order valence-electron chi connectivity index (χ0n) is 14.4. The van der Waals surface area contributed by atoms with Crippen molar-refractivity contribution in [2.75, 3.05) is 13.6 Å². The monoisotopic (exact) mass is 372 g/mol. The van der Waals surface area contributed by atoms with E-state index in [1.165, 1.54) is 9.47 Å². The normalized spacial score (nSPS) is 17.0. The summed E-state index contributed by atoms with van der Waals surface area (Å²) in [7, 11) is 1.64. The molecule has 0 unspecified atom stereocenters. The second-order valence-electron chi connectivity index (χ2n) is 6.37. The van der Waals surface area contributed by atoms with Gasteiger partial charge in [-0.1, -0.05) is 5.16 Å². The van der Waals surface area contributed by atoms with E-state index in [0.717, 1.165) is 6.20 Å². The number of hydrogen-bond acceptors (Lipinski definition) is 5. The minimum absolute atomic E-state index is 0.0548. The molecule has 142 valence electrons. The van der Waals surface area contributed by atoms with Crippen LogP contribution in [-0.2, 0) is 25.7 Å². The zero-order chi connectivity index (χ0) is 18.9. The maximum absolute atomic E-state index is 12.8. The quantitative estimate of drug-likeness (QED) is 0.887. The molecule has 0 saturated heterocycles. The summed E-state index contributed by atoms with van der Waals surface area (Å²) in [5, 5.41) is 6.30. The number of nitrogens with one attached hydrogen (secondary N) is 1. The summed E-state index contributed by atoms with van der Waals surface area (Å²) in [4.78, 5) is 21.3. The van der Waals surface area contributed by atoms with Crippen LogP contribution in [-0.4, -0.2) is 44.2 Å². The molecule has 1 atom stereocenters. The molecule has 0 saturated carbocycles. The van der Waals surface area contributed by atoms with Crippen LogP contribution in [0.1, 0.15) is 29.7 Å². The van der Waals surface area contributed by atoms with Gasteiger partial charge in [0.15, 0.2) is 11.5 Å². The Bertz CT molecular complexity index is 785. The fourth-order valence-corrected chi connectivity index (χ4v) is 2.97. The van der Waals surface area contributed by atoms with Gasteiger partial charge in [-0.2, -0.15) is 18.2 Å². The molecule has 0 aromatic carbocycles. The van der Waals surface area contributed by atoms with Crippen molar-refractivity contribution in [2.45, 2.75) is 39.0 Å². The number of alkyl halides is 3. The van der Waals surface area contributed by atoms with E-state index in [0.29, 0.717) is 43.5 Å². The van der Waals surface area contributed by atoms with Gasteiger partial charge in [-0.15, -0.1) is 0 Å². The summed E-state index contributed by atoms with van der Waals surface area (Å²) in [6, 6.07) is -0.312. The molecule has 0 radical (unpaired) electrons. The summed E-state index contributed by atoms with van der Waals surface area (Å²) >= 11 is 0. The summed E-state index contributed by atoms with van der Waals surface area (Å²) in [6.45, 7) is 2.63. The lowest BCUT2D eigenvalue weighted by Crippen LogP contribution is -2.41. The van der Waals surface area contributed by atoms with Gasteiger partial charge in [0.1, 0.15) is 5.82 Å². The molecule has 26 heavy (non-hydrogen) atoms. The molecule has 2 aromatic rings. The van der Waals surface area contributed by atoms with Crippen molar-refractivity contribution in [2.24, 2.45) is 5.92 Å². The molecule has 2 amide bonds. The first-order valence-electron chi connectivity index (χ1n) is 8.13. The number of imidazole rings is 1. The lowest BCUT2D eigenvalue weighted by molar-refractivity contribution is -0.141. The number of hydrogen-bond donors (Lipinski definition) is 1. The van der Waals surface area contributed by atoms with E-state index in [-0.39, 0.29) is 18.5 Å². The maximum atomic E-state index is 12.8. The number of amides is 2. The number of aryl methyl sites for hydroxylation is 2. The highest BCUT2D eigenvalue weighted by molar-refractivity contribution is 5.73. The molecule has 0 fully saturated rings. The van der Waals surface area contributed by atoms with Gasteiger partial charge in [0.2, 0.25) is 5.89 Å². The smallest absolute Gasteiger partial charge is 0.337 e. The molecule has 0 spiro atoms. The lowest BCUT2D eigenvalue weighted by atomic mass is 9.99. The number of halogens is 3. The average molecular weight is 372 g/mol. The zero-order valence-corrected chi connectivity index (χ0v) is 14.4. The summed E-state index contributed by atoms with van der Waals surface area (Å²) in [6.07, 6.45) is -2.27. The number of urea groups is 1. The van der Waals surface area contributed by atoms with E-state index in [1.807, 2.05) is 0 Å². The summed E-state index contributed by atoms with van der Waals surface area (Å²) in [5.41, 5.74) is -0.867. The highest BCUT2D eigenvalue weighted by Crippen LogP contribution is 2.30.